The third-order valence-electron chi connectivity index (χ3n) is 8.50. The van der Waals surface area contributed by atoms with Crippen LogP contribution in [-0.2, 0) is 11.3 Å². The van der Waals surface area contributed by atoms with Gasteiger partial charge in [0.15, 0.2) is 11.5 Å². The number of nitrogens with one attached hydrogen (secondary N) is 2. The van der Waals surface area contributed by atoms with Gasteiger partial charge in [-0.25, -0.2) is 9.97 Å². The van der Waals surface area contributed by atoms with E-state index in [2.05, 4.69) is 44.7 Å². The van der Waals surface area contributed by atoms with Crippen molar-refractivity contribution in [1.29, 1.82) is 0 Å². The Morgan fingerprint density at radius 2 is 1.85 bits per heavy atom. The van der Waals surface area contributed by atoms with Gasteiger partial charge in [-0.05, 0) is 75.0 Å². The molecule has 41 heavy (non-hydrogen) atoms. The first-order valence-corrected chi connectivity index (χ1v) is 14.7. The van der Waals surface area contributed by atoms with Crippen LogP contribution in [0.5, 0.6) is 0 Å². The summed E-state index contributed by atoms with van der Waals surface area (Å²) in [4.78, 5) is 36.5. The first-order valence-electron chi connectivity index (χ1n) is 14.7. The quantitative estimate of drug-likeness (QED) is 0.362. The van der Waals surface area contributed by atoms with Gasteiger partial charge in [0.05, 0.1) is 18.1 Å². The largest absolute Gasteiger partial charge is 0.381 e. The second-order valence-electron chi connectivity index (χ2n) is 11.5. The highest BCUT2D eigenvalue weighted by atomic mass is 16.5. The molecule has 4 heterocycles. The van der Waals surface area contributed by atoms with Crippen LogP contribution in [0.4, 0.5) is 17.3 Å². The molecule has 1 saturated carbocycles. The van der Waals surface area contributed by atoms with Crippen LogP contribution < -0.4 is 21.3 Å². The maximum atomic E-state index is 13.1. The van der Waals surface area contributed by atoms with Crippen molar-refractivity contribution >= 4 is 29.1 Å². The molecule has 2 aromatic heterocycles. The molecule has 1 aliphatic carbocycles. The number of carbonyl (C=O) groups is 2. The Bertz CT molecular complexity index is 1380. The third-order valence-corrected chi connectivity index (χ3v) is 8.50. The molecule has 0 spiro atoms. The maximum Gasteiger partial charge on any atom is 0.271 e. The van der Waals surface area contributed by atoms with Gasteiger partial charge in [-0.2, -0.15) is 5.10 Å². The molecule has 3 aromatic rings. The third kappa shape index (κ3) is 6.35. The van der Waals surface area contributed by atoms with Crippen LogP contribution in [0.15, 0.2) is 42.9 Å². The van der Waals surface area contributed by atoms with E-state index in [1.165, 1.54) is 18.4 Å². The molecule has 3 aliphatic rings. The fourth-order valence-corrected chi connectivity index (χ4v) is 5.88. The molecule has 2 amide bonds. The lowest BCUT2D eigenvalue weighted by atomic mass is 9.97. The number of hydrogen-bond acceptors (Lipinski definition) is 8. The Labute approximate surface area is 239 Å². The molecular weight excluding hydrogens is 520 g/mol. The second kappa shape index (κ2) is 11.9. The molecule has 4 N–H and O–H groups in total. The van der Waals surface area contributed by atoms with Crippen LogP contribution in [0.3, 0.4) is 0 Å². The lowest BCUT2D eigenvalue weighted by Crippen LogP contribution is -2.54. The van der Waals surface area contributed by atoms with E-state index in [-0.39, 0.29) is 29.5 Å². The van der Waals surface area contributed by atoms with Crippen LogP contribution >= 0.6 is 0 Å². The monoisotopic (exact) mass is 558 g/mol. The van der Waals surface area contributed by atoms with Gasteiger partial charge in [0, 0.05) is 50.1 Å². The predicted octanol–water partition coefficient (Wildman–Crippen LogP) is 3.61. The molecule has 0 bridgehead atoms. The first kappa shape index (κ1) is 27.2. The number of carbonyl (C=O) groups excluding carboxylic acids is 2. The minimum Gasteiger partial charge on any atom is -0.381 e. The zero-order chi connectivity index (χ0) is 28.3. The predicted molar refractivity (Wildman–Crippen MR) is 155 cm³/mol. The highest BCUT2D eigenvalue weighted by Gasteiger charge is 2.31. The normalized spacial score (nSPS) is 21.4. The fraction of sp³-hybridized carbons (Fsp3) is 0.500. The zero-order valence-electron chi connectivity index (χ0n) is 23.5. The topological polar surface area (TPSA) is 140 Å². The summed E-state index contributed by atoms with van der Waals surface area (Å²) in [5, 5.41) is 10.9. The number of amides is 2. The van der Waals surface area contributed by atoms with E-state index in [9.17, 15) is 9.59 Å². The van der Waals surface area contributed by atoms with E-state index >= 15 is 0 Å². The Balaban J connectivity index is 1.14. The average molecular weight is 559 g/mol. The fourth-order valence-electron chi connectivity index (χ4n) is 5.88. The lowest BCUT2D eigenvalue weighted by Gasteiger charge is -2.40. The van der Waals surface area contributed by atoms with Crippen LogP contribution in [0, 0.1) is 5.92 Å². The number of nitrogens with zero attached hydrogens (tertiary/aromatic N) is 5. The van der Waals surface area contributed by atoms with E-state index in [0.717, 1.165) is 52.0 Å². The Kier molecular flexibility index (Phi) is 7.86. The Morgan fingerprint density at radius 3 is 2.59 bits per heavy atom. The summed E-state index contributed by atoms with van der Waals surface area (Å²) >= 11 is 0. The van der Waals surface area contributed by atoms with Gasteiger partial charge in [0.25, 0.3) is 11.8 Å². The molecule has 11 nitrogen and oxygen atoms in total. The van der Waals surface area contributed by atoms with Crippen molar-refractivity contribution in [3.05, 3.63) is 59.7 Å². The van der Waals surface area contributed by atoms with Gasteiger partial charge < -0.3 is 26.0 Å². The van der Waals surface area contributed by atoms with Crippen LogP contribution in [0.25, 0.3) is 0 Å². The highest BCUT2D eigenvalue weighted by Crippen LogP contribution is 2.40. The molecule has 216 valence electrons. The SMILES string of the molecule is C[C@@H]1[C@H](NC(=O)c2ccc(C3CC3)cc2)CCCN1c1cnc(C(N)=O)c(Nc2cnn(CC3CCOCC3)c2)n1. The molecule has 0 radical (unpaired) electrons. The number of rotatable bonds is 9. The van der Waals surface area contributed by atoms with Gasteiger partial charge in [-0.1, -0.05) is 12.1 Å². The van der Waals surface area contributed by atoms with Crippen molar-refractivity contribution in [3.8, 4) is 0 Å². The minimum absolute atomic E-state index is 0.0257. The summed E-state index contributed by atoms with van der Waals surface area (Å²) in [7, 11) is 0. The highest BCUT2D eigenvalue weighted by molar-refractivity contribution is 5.96. The Hall–Kier alpha value is -3.99. The van der Waals surface area contributed by atoms with Crippen LogP contribution in [-0.4, -0.2) is 63.4 Å². The van der Waals surface area contributed by atoms with Gasteiger partial charge in [-0.3, -0.25) is 14.3 Å². The second-order valence-corrected chi connectivity index (χ2v) is 11.5. The summed E-state index contributed by atoms with van der Waals surface area (Å²) in [6, 6.07) is 7.90. The minimum atomic E-state index is -0.661. The number of ether oxygens (including phenoxy) is 1. The van der Waals surface area contributed by atoms with Gasteiger partial charge >= 0.3 is 0 Å². The molecule has 0 unspecified atom stereocenters. The number of anilines is 3. The van der Waals surface area contributed by atoms with E-state index in [0.29, 0.717) is 28.9 Å². The summed E-state index contributed by atoms with van der Waals surface area (Å²) in [5.41, 5.74) is 8.40. The molecule has 2 aliphatic heterocycles. The molecule has 2 atom stereocenters. The lowest BCUT2D eigenvalue weighted by molar-refractivity contribution is 0.0601. The van der Waals surface area contributed by atoms with E-state index in [1.807, 2.05) is 23.0 Å². The van der Waals surface area contributed by atoms with E-state index < -0.39 is 5.91 Å². The van der Waals surface area contributed by atoms with Gasteiger partial charge in [0.2, 0.25) is 0 Å². The van der Waals surface area contributed by atoms with E-state index in [4.69, 9.17) is 15.5 Å². The summed E-state index contributed by atoms with van der Waals surface area (Å²) in [6.07, 6.45) is 11.5. The number of nitrogens with two attached hydrogens (primary N) is 1. The van der Waals surface area contributed by atoms with Crippen LogP contribution in [0.2, 0.25) is 0 Å². The van der Waals surface area contributed by atoms with Crippen molar-refractivity contribution in [2.24, 2.45) is 11.7 Å². The summed E-state index contributed by atoms with van der Waals surface area (Å²) in [5.74, 6) is 1.36. The number of primary amides is 1. The smallest absolute Gasteiger partial charge is 0.271 e. The van der Waals surface area contributed by atoms with Gasteiger partial charge in [-0.15, -0.1) is 0 Å². The van der Waals surface area contributed by atoms with Crippen molar-refractivity contribution < 1.29 is 14.3 Å². The molecule has 1 aromatic carbocycles. The van der Waals surface area contributed by atoms with Crippen LogP contribution in [0.1, 0.15) is 77.8 Å². The number of benzene rings is 1. The first-order chi connectivity index (χ1) is 19.9. The zero-order valence-corrected chi connectivity index (χ0v) is 23.5. The summed E-state index contributed by atoms with van der Waals surface area (Å²) < 4.78 is 7.36. The maximum absolute atomic E-state index is 13.1. The number of aromatic nitrogens is 4. The molecule has 3 fully saturated rings. The van der Waals surface area contributed by atoms with Crippen molar-refractivity contribution in [3.63, 3.8) is 0 Å². The molecule has 2 saturated heterocycles. The Morgan fingerprint density at radius 1 is 1.07 bits per heavy atom. The average Bonchev–Trinajstić information content (AvgIpc) is 3.75. The van der Waals surface area contributed by atoms with E-state index in [1.54, 1.807) is 12.4 Å². The van der Waals surface area contributed by atoms with Gasteiger partial charge in [0.1, 0.15) is 5.82 Å². The van der Waals surface area contributed by atoms with Crippen molar-refractivity contribution in [1.82, 2.24) is 25.1 Å². The standard InChI is InChI=1S/C30H38N8O3/c1-19-25(35-30(40)23-8-6-22(7-9-23)21-4-5-21)3-2-12-38(19)26-16-32-27(28(31)39)29(36-26)34-24-15-33-37(18-24)17-20-10-13-41-14-11-20/h6-9,15-16,18-21,25H,2-5,10-14,17H2,1H3,(H2,31,39)(H,34,36)(H,35,40)/t19-,25-/m1/s1. The summed E-state index contributed by atoms with van der Waals surface area (Å²) in [6.45, 7) is 5.22. The number of hydrogen-bond donors (Lipinski definition) is 3. The van der Waals surface area contributed by atoms with Crippen molar-refractivity contribution in [2.75, 3.05) is 30.0 Å². The molecule has 11 heteroatoms. The number of piperidine rings is 1. The molecular formula is C30H38N8O3. The molecule has 6 rings (SSSR count). The van der Waals surface area contributed by atoms with Crippen molar-refractivity contribution in [2.45, 2.75) is 70.0 Å².